The summed E-state index contributed by atoms with van der Waals surface area (Å²) in [4.78, 5) is 16.8. The lowest BCUT2D eigenvalue weighted by Gasteiger charge is -2.16. The van der Waals surface area contributed by atoms with Crippen molar-refractivity contribution in [3.05, 3.63) is 40.5 Å². The number of hydrogen-bond donors (Lipinski definition) is 4. The van der Waals surface area contributed by atoms with Crippen molar-refractivity contribution < 1.29 is 19.7 Å². The maximum absolute atomic E-state index is 12.2. The SMILES string of the molecule is Cc1cc2c(C(N)=O)c(N)n(-c3c(C)ccc(O)c3C)c2nc1OCC1(O)CC1. The van der Waals surface area contributed by atoms with Gasteiger partial charge in [-0.1, -0.05) is 6.07 Å². The molecule has 0 saturated heterocycles. The summed E-state index contributed by atoms with van der Waals surface area (Å²) >= 11 is 0. The van der Waals surface area contributed by atoms with Gasteiger partial charge in [0.15, 0.2) is 5.65 Å². The Morgan fingerprint density at radius 1 is 1.28 bits per heavy atom. The Hall–Kier alpha value is -3.26. The number of nitrogens with zero attached hydrogens (tertiary/aromatic N) is 2. The summed E-state index contributed by atoms with van der Waals surface area (Å²) in [5.41, 5.74) is 14.5. The van der Waals surface area contributed by atoms with E-state index in [-0.39, 0.29) is 23.7 Å². The minimum Gasteiger partial charge on any atom is -0.508 e. The standard InChI is InChI=1S/C21H24N4O4/c1-10-4-5-14(26)12(3)16(10)25-17(22)15(18(23)27)13-8-11(2)20(24-19(13)25)29-9-21(28)6-7-21/h4-5,8,26,28H,6-7,9,22H2,1-3H3,(H2,23,27). The number of aryl methyl sites for hydroxylation is 2. The second-order valence-corrected chi connectivity index (χ2v) is 7.83. The van der Waals surface area contributed by atoms with Gasteiger partial charge in [-0.2, -0.15) is 4.98 Å². The van der Waals surface area contributed by atoms with Gasteiger partial charge in [0.25, 0.3) is 5.91 Å². The predicted molar refractivity (Wildman–Crippen MR) is 110 cm³/mol. The normalized spacial score (nSPS) is 14.9. The van der Waals surface area contributed by atoms with Crippen molar-refractivity contribution in [3.63, 3.8) is 0 Å². The third-order valence-electron chi connectivity index (χ3n) is 5.50. The maximum Gasteiger partial charge on any atom is 0.253 e. The van der Waals surface area contributed by atoms with E-state index in [1.807, 2.05) is 13.8 Å². The Morgan fingerprint density at radius 3 is 2.59 bits per heavy atom. The van der Waals surface area contributed by atoms with Crippen LogP contribution in [0, 0.1) is 20.8 Å². The fourth-order valence-electron chi connectivity index (χ4n) is 3.60. The monoisotopic (exact) mass is 396 g/mol. The number of nitrogen functional groups attached to an aromatic ring is 1. The van der Waals surface area contributed by atoms with Crippen LogP contribution in [0.5, 0.6) is 11.6 Å². The summed E-state index contributed by atoms with van der Waals surface area (Å²) in [7, 11) is 0. The molecule has 0 spiro atoms. The Labute approximate surface area is 167 Å². The van der Waals surface area contributed by atoms with E-state index < -0.39 is 11.5 Å². The van der Waals surface area contributed by atoms with Gasteiger partial charge >= 0.3 is 0 Å². The maximum atomic E-state index is 12.2. The van der Waals surface area contributed by atoms with Crippen LogP contribution in [0.3, 0.4) is 0 Å². The van der Waals surface area contributed by atoms with Gasteiger partial charge in [0.1, 0.15) is 18.2 Å². The molecule has 1 saturated carbocycles. The second-order valence-electron chi connectivity index (χ2n) is 7.83. The molecular formula is C21H24N4O4. The molecule has 0 unspecified atom stereocenters. The fourth-order valence-corrected chi connectivity index (χ4v) is 3.60. The summed E-state index contributed by atoms with van der Waals surface area (Å²) in [5, 5.41) is 20.8. The van der Waals surface area contributed by atoms with Crippen LogP contribution in [0.1, 0.15) is 39.9 Å². The Bertz CT molecular complexity index is 1160. The number of fused-ring (bicyclic) bond motifs is 1. The van der Waals surface area contributed by atoms with E-state index in [1.54, 1.807) is 29.7 Å². The van der Waals surface area contributed by atoms with Gasteiger partial charge in [-0.25, -0.2) is 0 Å². The fraction of sp³-hybridized carbons (Fsp3) is 0.333. The Morgan fingerprint density at radius 2 is 1.97 bits per heavy atom. The van der Waals surface area contributed by atoms with Crippen LogP contribution in [0.4, 0.5) is 5.82 Å². The summed E-state index contributed by atoms with van der Waals surface area (Å²) in [6.07, 6.45) is 1.40. The van der Waals surface area contributed by atoms with E-state index in [9.17, 15) is 15.0 Å². The number of phenols is 1. The molecule has 3 aromatic rings. The molecule has 1 aliphatic rings. The van der Waals surface area contributed by atoms with E-state index >= 15 is 0 Å². The minimum atomic E-state index is -0.791. The van der Waals surface area contributed by atoms with Crippen molar-refractivity contribution in [2.75, 3.05) is 12.3 Å². The van der Waals surface area contributed by atoms with Crippen LogP contribution < -0.4 is 16.2 Å². The first-order valence-electron chi connectivity index (χ1n) is 9.39. The zero-order chi connectivity index (χ0) is 21.1. The highest BCUT2D eigenvalue weighted by Crippen LogP contribution is 2.38. The van der Waals surface area contributed by atoms with Crippen molar-refractivity contribution in [2.24, 2.45) is 5.73 Å². The smallest absolute Gasteiger partial charge is 0.253 e. The zero-order valence-corrected chi connectivity index (χ0v) is 16.6. The number of pyridine rings is 1. The molecule has 1 aliphatic carbocycles. The van der Waals surface area contributed by atoms with Gasteiger partial charge in [0, 0.05) is 16.5 Å². The predicted octanol–water partition coefficient (Wildman–Crippen LogP) is 2.24. The molecule has 0 radical (unpaired) electrons. The second kappa shape index (κ2) is 6.38. The highest BCUT2D eigenvalue weighted by atomic mass is 16.5. The van der Waals surface area contributed by atoms with Gasteiger partial charge in [-0.15, -0.1) is 0 Å². The van der Waals surface area contributed by atoms with Crippen LogP contribution in [0.25, 0.3) is 16.7 Å². The molecule has 4 rings (SSSR count). The lowest BCUT2D eigenvalue weighted by Crippen LogP contribution is -2.19. The number of primary amides is 1. The van der Waals surface area contributed by atoms with Crippen LogP contribution in [0.2, 0.25) is 0 Å². The first kappa shape index (κ1) is 19.1. The van der Waals surface area contributed by atoms with Crippen LogP contribution in [0.15, 0.2) is 18.2 Å². The van der Waals surface area contributed by atoms with E-state index in [2.05, 4.69) is 4.98 Å². The largest absolute Gasteiger partial charge is 0.508 e. The Kier molecular flexibility index (Phi) is 4.20. The molecule has 6 N–H and O–H groups in total. The van der Waals surface area contributed by atoms with E-state index in [0.29, 0.717) is 46.6 Å². The number of anilines is 1. The first-order valence-corrected chi connectivity index (χ1v) is 9.39. The average molecular weight is 396 g/mol. The van der Waals surface area contributed by atoms with Crippen LogP contribution in [-0.2, 0) is 0 Å². The molecule has 2 aromatic heterocycles. The first-order chi connectivity index (χ1) is 13.6. The van der Waals surface area contributed by atoms with Crippen LogP contribution in [-0.4, -0.2) is 37.9 Å². The van der Waals surface area contributed by atoms with Crippen molar-refractivity contribution in [3.8, 4) is 17.3 Å². The molecule has 1 amide bonds. The molecule has 8 heteroatoms. The lowest BCUT2D eigenvalue weighted by molar-refractivity contribution is 0.0831. The van der Waals surface area contributed by atoms with Gasteiger partial charge < -0.3 is 26.4 Å². The number of aliphatic hydroxyl groups is 1. The van der Waals surface area contributed by atoms with Crippen molar-refractivity contribution >= 4 is 22.8 Å². The summed E-state index contributed by atoms with van der Waals surface area (Å²) in [5.74, 6) is -0.0619. The van der Waals surface area contributed by atoms with Crippen molar-refractivity contribution in [2.45, 2.75) is 39.2 Å². The zero-order valence-electron chi connectivity index (χ0n) is 16.6. The van der Waals surface area contributed by atoms with Crippen LogP contribution >= 0.6 is 0 Å². The number of aromatic hydroxyl groups is 1. The number of hydrogen-bond acceptors (Lipinski definition) is 6. The third kappa shape index (κ3) is 3.05. The molecule has 0 atom stereocenters. The molecule has 0 aliphatic heterocycles. The van der Waals surface area contributed by atoms with E-state index in [4.69, 9.17) is 16.2 Å². The summed E-state index contributed by atoms with van der Waals surface area (Å²) < 4.78 is 7.40. The average Bonchev–Trinajstić information content (AvgIpc) is 3.32. The van der Waals surface area contributed by atoms with Gasteiger partial charge in [-0.3, -0.25) is 9.36 Å². The quantitative estimate of drug-likeness (QED) is 0.522. The lowest BCUT2D eigenvalue weighted by atomic mass is 10.1. The number of carbonyl (C=O) groups excluding carboxylic acids is 1. The number of rotatable bonds is 5. The number of aromatic nitrogens is 2. The van der Waals surface area contributed by atoms with Gasteiger partial charge in [0.2, 0.25) is 5.88 Å². The van der Waals surface area contributed by atoms with Crippen molar-refractivity contribution in [1.82, 2.24) is 9.55 Å². The molecular weight excluding hydrogens is 372 g/mol. The molecule has 1 fully saturated rings. The van der Waals surface area contributed by atoms with Gasteiger partial charge in [-0.05, 0) is 51.3 Å². The number of carbonyl (C=O) groups is 1. The topological polar surface area (TPSA) is 137 Å². The number of ether oxygens (including phenoxy) is 1. The summed E-state index contributed by atoms with van der Waals surface area (Å²) in [6, 6.07) is 5.13. The minimum absolute atomic E-state index is 0.104. The Balaban J connectivity index is 1.99. The molecule has 8 nitrogen and oxygen atoms in total. The van der Waals surface area contributed by atoms with Crippen molar-refractivity contribution in [1.29, 1.82) is 0 Å². The highest BCUT2D eigenvalue weighted by Gasteiger charge is 2.41. The molecule has 29 heavy (non-hydrogen) atoms. The number of amides is 1. The number of benzene rings is 1. The molecule has 0 bridgehead atoms. The highest BCUT2D eigenvalue weighted by molar-refractivity contribution is 6.11. The molecule has 152 valence electrons. The molecule has 2 heterocycles. The van der Waals surface area contributed by atoms with E-state index in [1.165, 1.54) is 0 Å². The van der Waals surface area contributed by atoms with E-state index in [0.717, 1.165) is 5.56 Å². The third-order valence-corrected chi connectivity index (χ3v) is 5.50. The molecule has 1 aromatic carbocycles. The number of phenolic OH excluding ortho intramolecular Hbond substituents is 1. The van der Waals surface area contributed by atoms with Gasteiger partial charge in [0.05, 0.1) is 16.9 Å². The summed E-state index contributed by atoms with van der Waals surface area (Å²) in [6.45, 7) is 5.60. The number of nitrogens with two attached hydrogens (primary N) is 2.